The van der Waals surface area contributed by atoms with E-state index in [-0.39, 0.29) is 5.56 Å². The first kappa shape index (κ1) is 11.0. The second-order valence-electron chi connectivity index (χ2n) is 3.03. The van der Waals surface area contributed by atoms with Gasteiger partial charge in [0.2, 0.25) is 0 Å². The van der Waals surface area contributed by atoms with Crippen LogP contribution in [0.25, 0.3) is 0 Å². The summed E-state index contributed by atoms with van der Waals surface area (Å²) in [6, 6.07) is 3.81. The van der Waals surface area contributed by atoms with E-state index in [1.165, 1.54) is 19.1 Å². The smallest absolute Gasteiger partial charge is 0.311 e. The maximum absolute atomic E-state index is 10.7. The van der Waals surface area contributed by atoms with Gasteiger partial charge in [0, 0.05) is 11.6 Å². The van der Waals surface area contributed by atoms with Gasteiger partial charge in [-0.05, 0) is 6.92 Å². The molecule has 1 aromatic rings. The number of phenolic OH excluding ortho intramolecular Hbond substituents is 1. The lowest BCUT2D eigenvalue weighted by atomic mass is 10.00. The van der Waals surface area contributed by atoms with E-state index in [4.69, 9.17) is 5.11 Å². The van der Waals surface area contributed by atoms with E-state index in [2.05, 4.69) is 0 Å². The molecule has 0 fully saturated rings. The third kappa shape index (κ3) is 2.04. The molecule has 80 valence electrons. The molecule has 6 heteroatoms. The predicted molar refractivity (Wildman–Crippen MR) is 50.8 cm³/mol. The first-order chi connectivity index (χ1) is 6.95. The Morgan fingerprint density at radius 3 is 2.60 bits per heavy atom. The molecule has 0 aliphatic rings. The molecule has 0 aliphatic carbocycles. The zero-order valence-corrected chi connectivity index (χ0v) is 7.88. The highest BCUT2D eigenvalue weighted by Crippen LogP contribution is 2.33. The summed E-state index contributed by atoms with van der Waals surface area (Å²) in [7, 11) is 0. The molecule has 0 heterocycles. The summed E-state index contributed by atoms with van der Waals surface area (Å²) in [6.07, 6.45) is 0. The van der Waals surface area contributed by atoms with Crippen LogP contribution < -0.4 is 0 Å². The minimum atomic E-state index is -1.15. The number of nitrogens with zero attached hydrogens (tertiary/aromatic N) is 1. The lowest BCUT2D eigenvalue weighted by molar-refractivity contribution is -0.385. The lowest BCUT2D eigenvalue weighted by Crippen LogP contribution is -2.08. The van der Waals surface area contributed by atoms with Crippen molar-refractivity contribution in [2.45, 2.75) is 12.8 Å². The zero-order valence-electron chi connectivity index (χ0n) is 7.88. The minimum absolute atomic E-state index is 0.0386. The molecule has 1 rings (SSSR count). The van der Waals surface area contributed by atoms with Crippen molar-refractivity contribution in [1.29, 1.82) is 0 Å². The third-order valence-corrected chi connectivity index (χ3v) is 2.08. The Kier molecular flexibility index (Phi) is 2.89. The zero-order chi connectivity index (χ0) is 11.6. The Morgan fingerprint density at radius 2 is 2.13 bits per heavy atom. The molecule has 0 amide bonds. The third-order valence-electron chi connectivity index (χ3n) is 2.08. The lowest BCUT2D eigenvalue weighted by Gasteiger charge is -2.08. The fraction of sp³-hybridized carbons (Fsp3) is 0.222. The van der Waals surface area contributed by atoms with Gasteiger partial charge in [-0.2, -0.15) is 0 Å². The Hall–Kier alpha value is -2.11. The van der Waals surface area contributed by atoms with Gasteiger partial charge in [-0.1, -0.05) is 12.1 Å². The van der Waals surface area contributed by atoms with Gasteiger partial charge in [-0.25, -0.2) is 0 Å². The molecule has 2 N–H and O–H groups in total. The highest BCUT2D eigenvalue weighted by Gasteiger charge is 2.23. The summed E-state index contributed by atoms with van der Waals surface area (Å²) in [6.45, 7) is 1.35. The van der Waals surface area contributed by atoms with Crippen LogP contribution in [0.4, 0.5) is 5.69 Å². The summed E-state index contributed by atoms with van der Waals surface area (Å²) < 4.78 is 0. The number of rotatable bonds is 3. The molecule has 0 saturated heterocycles. The number of nitro groups is 1. The fourth-order valence-corrected chi connectivity index (χ4v) is 1.18. The van der Waals surface area contributed by atoms with Crippen LogP contribution in [0.2, 0.25) is 0 Å². The molecule has 0 aromatic heterocycles. The van der Waals surface area contributed by atoms with Crippen molar-refractivity contribution in [3.63, 3.8) is 0 Å². The summed E-state index contributed by atoms with van der Waals surface area (Å²) in [5.41, 5.74) is -0.447. The van der Waals surface area contributed by atoms with Gasteiger partial charge < -0.3 is 10.2 Å². The Morgan fingerprint density at radius 1 is 1.53 bits per heavy atom. The molecule has 1 aromatic carbocycles. The second kappa shape index (κ2) is 3.95. The van der Waals surface area contributed by atoms with E-state index in [0.717, 1.165) is 6.07 Å². The van der Waals surface area contributed by atoms with Crippen LogP contribution >= 0.6 is 0 Å². The van der Waals surface area contributed by atoms with Gasteiger partial charge in [0.25, 0.3) is 0 Å². The van der Waals surface area contributed by atoms with Crippen LogP contribution in [0.5, 0.6) is 5.75 Å². The van der Waals surface area contributed by atoms with Crippen LogP contribution in [-0.4, -0.2) is 21.1 Å². The fourth-order valence-electron chi connectivity index (χ4n) is 1.18. The number of para-hydroxylation sites is 1. The van der Waals surface area contributed by atoms with Gasteiger partial charge in [0.1, 0.15) is 0 Å². The van der Waals surface area contributed by atoms with E-state index < -0.39 is 28.2 Å². The van der Waals surface area contributed by atoms with Crippen molar-refractivity contribution in [3.8, 4) is 5.75 Å². The van der Waals surface area contributed by atoms with Crippen LogP contribution in [-0.2, 0) is 4.79 Å². The van der Waals surface area contributed by atoms with Crippen molar-refractivity contribution in [3.05, 3.63) is 33.9 Å². The number of carboxylic acid groups (broad SMARTS) is 1. The van der Waals surface area contributed by atoms with Crippen molar-refractivity contribution in [2.24, 2.45) is 0 Å². The normalized spacial score (nSPS) is 12.1. The average molecular weight is 211 g/mol. The molecule has 1 unspecified atom stereocenters. The highest BCUT2D eigenvalue weighted by molar-refractivity contribution is 5.77. The molecule has 0 radical (unpaired) electrons. The average Bonchev–Trinajstić information content (AvgIpc) is 2.16. The number of hydrogen-bond acceptors (Lipinski definition) is 4. The Labute approximate surface area is 84.9 Å². The van der Waals surface area contributed by atoms with E-state index in [0.29, 0.717) is 0 Å². The number of benzene rings is 1. The number of nitro benzene ring substituents is 1. The van der Waals surface area contributed by atoms with Crippen LogP contribution in [0.1, 0.15) is 18.4 Å². The topological polar surface area (TPSA) is 101 Å². The molecule has 1 atom stereocenters. The number of aromatic hydroxyl groups is 1. The van der Waals surface area contributed by atoms with Gasteiger partial charge in [-0.15, -0.1) is 0 Å². The molecule has 6 nitrogen and oxygen atoms in total. The molecule has 0 aliphatic heterocycles. The van der Waals surface area contributed by atoms with E-state index >= 15 is 0 Å². The number of phenols is 1. The quantitative estimate of drug-likeness (QED) is 0.582. The van der Waals surface area contributed by atoms with Crippen molar-refractivity contribution >= 4 is 11.7 Å². The molecular formula is C9H9NO5. The number of hydrogen-bond donors (Lipinski definition) is 2. The van der Waals surface area contributed by atoms with Gasteiger partial charge >= 0.3 is 11.7 Å². The van der Waals surface area contributed by atoms with Crippen molar-refractivity contribution in [1.82, 2.24) is 0 Å². The van der Waals surface area contributed by atoms with Crippen molar-refractivity contribution in [2.75, 3.05) is 0 Å². The van der Waals surface area contributed by atoms with E-state index in [1.807, 2.05) is 0 Å². The Bertz CT molecular complexity index is 415. The molecular weight excluding hydrogens is 202 g/mol. The summed E-state index contributed by atoms with van der Waals surface area (Å²) in [5.74, 6) is -2.71. The number of aliphatic carboxylic acids is 1. The molecule has 0 bridgehead atoms. The predicted octanol–water partition coefficient (Wildman–Crippen LogP) is 1.49. The van der Waals surface area contributed by atoms with Gasteiger partial charge in [0.15, 0.2) is 5.75 Å². The molecule has 0 spiro atoms. The standard InChI is InChI=1S/C9H9NO5/c1-5(9(12)13)6-3-2-4-7(8(6)11)10(14)15/h2-5,11H,1H3,(H,12,13). The first-order valence-corrected chi connectivity index (χ1v) is 4.14. The number of carboxylic acids is 1. The molecule has 0 saturated carbocycles. The summed E-state index contributed by atoms with van der Waals surface area (Å²) in [5, 5.41) is 28.6. The highest BCUT2D eigenvalue weighted by atomic mass is 16.6. The maximum atomic E-state index is 10.7. The molecule has 15 heavy (non-hydrogen) atoms. The summed E-state index contributed by atoms with van der Waals surface area (Å²) >= 11 is 0. The van der Waals surface area contributed by atoms with E-state index in [9.17, 15) is 20.0 Å². The summed E-state index contributed by atoms with van der Waals surface area (Å²) in [4.78, 5) is 20.4. The minimum Gasteiger partial charge on any atom is -0.502 e. The van der Waals surface area contributed by atoms with Crippen molar-refractivity contribution < 1.29 is 19.9 Å². The first-order valence-electron chi connectivity index (χ1n) is 4.14. The second-order valence-corrected chi connectivity index (χ2v) is 3.03. The maximum Gasteiger partial charge on any atom is 0.311 e. The number of carbonyl (C=O) groups is 1. The van der Waals surface area contributed by atoms with Crippen LogP contribution in [0.15, 0.2) is 18.2 Å². The SMILES string of the molecule is CC(C(=O)O)c1cccc([N+](=O)[O-])c1O. The Balaban J connectivity index is 3.26. The van der Waals surface area contributed by atoms with Gasteiger partial charge in [0.05, 0.1) is 10.8 Å². The largest absolute Gasteiger partial charge is 0.502 e. The monoisotopic (exact) mass is 211 g/mol. The van der Waals surface area contributed by atoms with Crippen LogP contribution in [0, 0.1) is 10.1 Å². The van der Waals surface area contributed by atoms with E-state index in [1.54, 1.807) is 0 Å². The van der Waals surface area contributed by atoms with Crippen LogP contribution in [0.3, 0.4) is 0 Å². The van der Waals surface area contributed by atoms with Gasteiger partial charge in [-0.3, -0.25) is 14.9 Å².